The van der Waals surface area contributed by atoms with E-state index < -0.39 is 25.6 Å². The number of benzene rings is 1. The van der Waals surface area contributed by atoms with E-state index in [1.54, 1.807) is 0 Å². The first kappa shape index (κ1) is 14.9. The lowest BCUT2D eigenvalue weighted by Gasteiger charge is -2.45. The molecule has 0 aromatic heterocycles. The molecular weight excluding hydrogens is 316 g/mol. The number of aliphatic hydroxyl groups is 1. The molecule has 21 heavy (non-hydrogen) atoms. The Morgan fingerprint density at radius 1 is 1.14 bits per heavy atom. The predicted molar refractivity (Wildman–Crippen MR) is 74.2 cm³/mol. The zero-order valence-electron chi connectivity index (χ0n) is 11.1. The van der Waals surface area contributed by atoms with Crippen LogP contribution in [-0.2, 0) is 20.0 Å². The largest absolute Gasteiger partial charge is 0.387 e. The van der Waals surface area contributed by atoms with Crippen LogP contribution in [0.2, 0.25) is 0 Å². The van der Waals surface area contributed by atoms with Gasteiger partial charge in [-0.1, -0.05) is 6.07 Å². The van der Waals surface area contributed by atoms with Gasteiger partial charge >= 0.3 is 0 Å². The number of β-amino-alcohol motifs (C(OH)–C–C–N with tert-alkyl or cyclic N) is 1. The maximum Gasteiger partial charge on any atom is 0.243 e. The summed E-state index contributed by atoms with van der Waals surface area (Å²) >= 11 is 0. The van der Waals surface area contributed by atoms with Crippen molar-refractivity contribution >= 4 is 20.0 Å². The van der Waals surface area contributed by atoms with Gasteiger partial charge in [0, 0.05) is 13.1 Å². The molecule has 116 valence electrons. The van der Waals surface area contributed by atoms with E-state index in [4.69, 9.17) is 5.14 Å². The number of sulfonamides is 2. The summed E-state index contributed by atoms with van der Waals surface area (Å²) in [5.41, 5.74) is -0.926. The summed E-state index contributed by atoms with van der Waals surface area (Å²) in [4.78, 5) is -0.381. The normalized spacial score (nSPS) is 22.8. The molecule has 1 aliphatic carbocycles. The van der Waals surface area contributed by atoms with Gasteiger partial charge in [-0.15, -0.1) is 0 Å². The van der Waals surface area contributed by atoms with Crippen molar-refractivity contribution in [1.29, 1.82) is 0 Å². The molecule has 0 unspecified atom stereocenters. The molecule has 0 amide bonds. The third-order valence-electron chi connectivity index (χ3n) is 4.01. The number of hydrogen-bond acceptors (Lipinski definition) is 5. The third kappa shape index (κ3) is 2.59. The van der Waals surface area contributed by atoms with Gasteiger partial charge in [0.05, 0.1) is 15.4 Å². The molecule has 1 aromatic rings. The SMILES string of the molecule is NS(=O)(=O)c1cccc(S(=O)(=O)N2CC(O)(C3CC3)C2)c1. The molecule has 2 aliphatic rings. The standard InChI is InChI=1S/C12H16N2O5S2/c13-20(16,17)10-2-1-3-11(6-10)21(18,19)14-7-12(15,8-14)9-4-5-9/h1-3,6,9,15H,4-5,7-8H2,(H2,13,16,17). The van der Waals surface area contributed by atoms with Crippen LogP contribution < -0.4 is 5.14 Å². The van der Waals surface area contributed by atoms with Crippen molar-refractivity contribution in [3.63, 3.8) is 0 Å². The highest BCUT2D eigenvalue weighted by Crippen LogP contribution is 2.45. The van der Waals surface area contributed by atoms with Gasteiger partial charge in [0.25, 0.3) is 0 Å². The molecule has 2 fully saturated rings. The average Bonchev–Trinajstić information content (AvgIpc) is 3.18. The Balaban J connectivity index is 1.86. The fourth-order valence-electron chi connectivity index (χ4n) is 2.57. The molecule has 1 heterocycles. The minimum Gasteiger partial charge on any atom is -0.387 e. The van der Waals surface area contributed by atoms with E-state index in [0.717, 1.165) is 23.2 Å². The summed E-state index contributed by atoms with van der Waals surface area (Å²) in [5.74, 6) is 0.180. The van der Waals surface area contributed by atoms with Gasteiger partial charge < -0.3 is 5.11 Å². The van der Waals surface area contributed by atoms with Crippen LogP contribution in [0.25, 0.3) is 0 Å². The quantitative estimate of drug-likeness (QED) is 0.769. The van der Waals surface area contributed by atoms with Gasteiger partial charge in [-0.2, -0.15) is 4.31 Å². The van der Waals surface area contributed by atoms with Crippen molar-refractivity contribution in [3.05, 3.63) is 24.3 Å². The zero-order chi connectivity index (χ0) is 15.5. The molecule has 1 saturated carbocycles. The summed E-state index contributed by atoms with van der Waals surface area (Å²) in [6.07, 6.45) is 1.84. The van der Waals surface area contributed by atoms with Gasteiger partial charge in [0.15, 0.2) is 0 Å². The van der Waals surface area contributed by atoms with Crippen LogP contribution in [0.4, 0.5) is 0 Å². The minimum absolute atomic E-state index is 0.0552. The molecule has 1 aromatic carbocycles. The summed E-state index contributed by atoms with van der Waals surface area (Å²) in [7, 11) is -7.77. The first-order valence-electron chi connectivity index (χ1n) is 6.48. The number of hydrogen-bond donors (Lipinski definition) is 2. The second-order valence-electron chi connectivity index (χ2n) is 5.67. The Hall–Kier alpha value is -1.00. The van der Waals surface area contributed by atoms with Crippen LogP contribution in [0.15, 0.2) is 34.1 Å². The number of primary sulfonamides is 1. The fraction of sp³-hybridized carbons (Fsp3) is 0.500. The van der Waals surface area contributed by atoms with Crippen molar-refractivity contribution < 1.29 is 21.9 Å². The molecular formula is C12H16N2O5S2. The van der Waals surface area contributed by atoms with Crippen LogP contribution in [0, 0.1) is 5.92 Å². The highest BCUT2D eigenvalue weighted by atomic mass is 32.2. The third-order valence-corrected chi connectivity index (χ3v) is 6.71. The van der Waals surface area contributed by atoms with Gasteiger partial charge in [0.1, 0.15) is 0 Å². The second-order valence-corrected chi connectivity index (χ2v) is 9.17. The van der Waals surface area contributed by atoms with Crippen molar-refractivity contribution in [2.24, 2.45) is 11.1 Å². The lowest BCUT2D eigenvalue weighted by molar-refractivity contribution is -0.0764. The molecule has 7 nitrogen and oxygen atoms in total. The summed E-state index contributed by atoms with van der Waals surface area (Å²) in [6, 6.07) is 4.93. The molecule has 3 N–H and O–H groups in total. The minimum atomic E-state index is -3.96. The molecule has 1 saturated heterocycles. The summed E-state index contributed by atoms with van der Waals surface area (Å²) in [6.45, 7) is 0.110. The van der Waals surface area contributed by atoms with E-state index in [2.05, 4.69) is 0 Å². The van der Waals surface area contributed by atoms with Gasteiger partial charge in [-0.25, -0.2) is 22.0 Å². The lowest BCUT2D eigenvalue weighted by atomic mass is 9.91. The summed E-state index contributed by atoms with van der Waals surface area (Å²) < 4.78 is 48.6. The van der Waals surface area contributed by atoms with E-state index in [9.17, 15) is 21.9 Å². The number of nitrogens with zero attached hydrogens (tertiary/aromatic N) is 1. The predicted octanol–water partition coefficient (Wildman–Crippen LogP) is -0.521. The van der Waals surface area contributed by atoms with E-state index in [0.29, 0.717) is 0 Å². The average molecular weight is 332 g/mol. The topological polar surface area (TPSA) is 118 Å². The van der Waals surface area contributed by atoms with Crippen LogP contribution in [0.1, 0.15) is 12.8 Å². The van der Waals surface area contributed by atoms with E-state index in [1.165, 1.54) is 18.2 Å². The number of nitrogens with two attached hydrogens (primary N) is 1. The van der Waals surface area contributed by atoms with Gasteiger partial charge in [-0.05, 0) is 37.0 Å². The Bertz CT molecular complexity index is 778. The first-order chi connectivity index (χ1) is 9.63. The van der Waals surface area contributed by atoms with E-state index >= 15 is 0 Å². The molecule has 0 atom stereocenters. The maximum atomic E-state index is 12.4. The molecule has 0 bridgehead atoms. The van der Waals surface area contributed by atoms with Crippen LogP contribution in [-0.4, -0.2) is 44.9 Å². The van der Waals surface area contributed by atoms with Gasteiger partial charge in [-0.3, -0.25) is 0 Å². The van der Waals surface area contributed by atoms with Crippen molar-refractivity contribution in [2.75, 3.05) is 13.1 Å². The highest BCUT2D eigenvalue weighted by Gasteiger charge is 2.55. The van der Waals surface area contributed by atoms with Crippen molar-refractivity contribution in [3.8, 4) is 0 Å². The lowest BCUT2D eigenvalue weighted by Crippen LogP contribution is -2.64. The molecule has 0 radical (unpaired) electrons. The molecule has 0 spiro atoms. The number of rotatable bonds is 4. The summed E-state index contributed by atoms with van der Waals surface area (Å²) in [5, 5.41) is 15.2. The Labute approximate surface area is 123 Å². The van der Waals surface area contributed by atoms with Crippen molar-refractivity contribution in [2.45, 2.75) is 28.2 Å². The monoisotopic (exact) mass is 332 g/mol. The smallest absolute Gasteiger partial charge is 0.243 e. The zero-order valence-corrected chi connectivity index (χ0v) is 12.8. The van der Waals surface area contributed by atoms with E-state index in [-0.39, 0.29) is 28.8 Å². The maximum absolute atomic E-state index is 12.4. The highest BCUT2D eigenvalue weighted by molar-refractivity contribution is 7.90. The molecule has 1 aliphatic heterocycles. The van der Waals surface area contributed by atoms with Crippen molar-refractivity contribution in [1.82, 2.24) is 4.31 Å². The van der Waals surface area contributed by atoms with Crippen LogP contribution >= 0.6 is 0 Å². The molecule has 9 heteroatoms. The van der Waals surface area contributed by atoms with Crippen LogP contribution in [0.3, 0.4) is 0 Å². The van der Waals surface area contributed by atoms with Crippen LogP contribution in [0.5, 0.6) is 0 Å². The van der Waals surface area contributed by atoms with E-state index in [1.807, 2.05) is 0 Å². The Morgan fingerprint density at radius 3 is 2.24 bits per heavy atom. The Kier molecular flexibility index (Phi) is 3.19. The first-order valence-corrected chi connectivity index (χ1v) is 9.47. The fourth-order valence-corrected chi connectivity index (χ4v) is 4.82. The molecule has 3 rings (SSSR count). The van der Waals surface area contributed by atoms with Gasteiger partial charge in [0.2, 0.25) is 20.0 Å². The Morgan fingerprint density at radius 2 is 1.71 bits per heavy atom. The second kappa shape index (κ2) is 4.50.